The predicted octanol–water partition coefficient (Wildman–Crippen LogP) is 3.12. The molecule has 0 aliphatic heterocycles. The normalized spacial score (nSPS) is 13.1. The summed E-state index contributed by atoms with van der Waals surface area (Å²) < 4.78 is 0. The van der Waals surface area contributed by atoms with Crippen molar-refractivity contribution in [2.75, 3.05) is 0 Å². The maximum Gasteiger partial charge on any atom is 0.274 e. The molecule has 17 heavy (non-hydrogen) atoms. The van der Waals surface area contributed by atoms with Crippen LogP contribution in [0.2, 0.25) is 0 Å². The summed E-state index contributed by atoms with van der Waals surface area (Å²) in [6.45, 7) is 7.18. The zero-order valence-corrected chi connectivity index (χ0v) is 9.30. The van der Waals surface area contributed by atoms with Crippen molar-refractivity contribution in [3.05, 3.63) is 65.3 Å². The summed E-state index contributed by atoms with van der Waals surface area (Å²) in [6, 6.07) is 8.28. The number of para-hydroxylation sites is 1. The Morgan fingerprint density at radius 1 is 1.47 bits per heavy atom. The Hall–Kier alpha value is -2.41. The second-order valence-electron chi connectivity index (χ2n) is 3.55. The fraction of sp³-hybridized carbons (Fsp3) is 0.154. The Labute approximate surface area is 99.7 Å². The molecule has 0 heterocycles. The molecule has 0 saturated heterocycles. The van der Waals surface area contributed by atoms with Gasteiger partial charge in [-0.25, -0.2) is 0 Å². The molecule has 4 heteroatoms. The first-order valence-corrected chi connectivity index (χ1v) is 5.01. The number of hydrogen-bond acceptors (Lipinski definition) is 3. The third-order valence-electron chi connectivity index (χ3n) is 2.60. The number of rotatable bonds is 5. The zero-order valence-electron chi connectivity index (χ0n) is 9.30. The first-order chi connectivity index (χ1) is 8.11. The van der Waals surface area contributed by atoms with E-state index in [4.69, 9.17) is 0 Å². The van der Waals surface area contributed by atoms with Crippen LogP contribution in [0, 0.1) is 21.4 Å². The average molecular weight is 228 g/mol. The van der Waals surface area contributed by atoms with Gasteiger partial charge in [0.1, 0.15) is 5.41 Å². The van der Waals surface area contributed by atoms with Gasteiger partial charge in [0.2, 0.25) is 0 Å². The standard InChI is InChI=1S/C13H12N2O2/c1-3-9-13(4-2,10-14)11-7-5-6-8-12(11)15(16)17/h3-8H,1-2,9H2. The lowest BCUT2D eigenvalue weighted by Crippen LogP contribution is -2.21. The van der Waals surface area contributed by atoms with Crippen LogP contribution in [0.25, 0.3) is 0 Å². The van der Waals surface area contributed by atoms with E-state index in [9.17, 15) is 15.4 Å². The van der Waals surface area contributed by atoms with Crippen molar-refractivity contribution in [2.24, 2.45) is 0 Å². The van der Waals surface area contributed by atoms with Gasteiger partial charge in [-0.05, 0) is 6.42 Å². The number of hydrogen-bond donors (Lipinski definition) is 0. The SMILES string of the molecule is C=CCC(C#N)(C=C)c1ccccc1[N+](=O)[O-]. The smallest absolute Gasteiger partial charge is 0.258 e. The third-order valence-corrected chi connectivity index (χ3v) is 2.60. The van der Waals surface area contributed by atoms with Crippen LogP contribution in [0.5, 0.6) is 0 Å². The van der Waals surface area contributed by atoms with Crippen LogP contribution >= 0.6 is 0 Å². The molecular formula is C13H12N2O2. The van der Waals surface area contributed by atoms with Gasteiger partial charge in [0, 0.05) is 6.07 Å². The van der Waals surface area contributed by atoms with Gasteiger partial charge in [-0.1, -0.05) is 30.4 Å². The molecule has 0 aliphatic rings. The van der Waals surface area contributed by atoms with Crippen molar-refractivity contribution < 1.29 is 4.92 Å². The zero-order chi connectivity index (χ0) is 12.9. The molecule has 1 rings (SSSR count). The molecule has 0 fully saturated rings. The number of nitrogens with zero attached hydrogens (tertiary/aromatic N) is 2. The summed E-state index contributed by atoms with van der Waals surface area (Å²) in [5.41, 5.74) is -0.816. The quantitative estimate of drug-likeness (QED) is 0.441. The van der Waals surface area contributed by atoms with Crippen LogP contribution in [-0.2, 0) is 5.41 Å². The van der Waals surface area contributed by atoms with Crippen LogP contribution in [-0.4, -0.2) is 4.92 Å². The van der Waals surface area contributed by atoms with Gasteiger partial charge in [0.15, 0.2) is 0 Å². The molecule has 4 nitrogen and oxygen atoms in total. The second-order valence-corrected chi connectivity index (χ2v) is 3.55. The monoisotopic (exact) mass is 228 g/mol. The molecular weight excluding hydrogens is 216 g/mol. The van der Waals surface area contributed by atoms with Crippen LogP contribution in [0.1, 0.15) is 12.0 Å². The lowest BCUT2D eigenvalue weighted by Gasteiger charge is -2.20. The van der Waals surface area contributed by atoms with E-state index in [1.807, 2.05) is 0 Å². The minimum Gasteiger partial charge on any atom is -0.258 e. The molecule has 86 valence electrons. The molecule has 0 spiro atoms. The van der Waals surface area contributed by atoms with E-state index in [0.717, 1.165) is 0 Å². The van der Waals surface area contributed by atoms with Crippen LogP contribution in [0.3, 0.4) is 0 Å². The number of allylic oxidation sites excluding steroid dienone is 2. The molecule has 0 aromatic heterocycles. The molecule has 1 atom stereocenters. The highest BCUT2D eigenvalue weighted by Gasteiger charge is 2.33. The minimum atomic E-state index is -1.09. The fourth-order valence-corrected chi connectivity index (χ4v) is 1.69. The molecule has 0 N–H and O–H groups in total. The highest BCUT2D eigenvalue weighted by Crippen LogP contribution is 2.35. The third kappa shape index (κ3) is 2.23. The second kappa shape index (κ2) is 5.08. The van der Waals surface area contributed by atoms with E-state index < -0.39 is 10.3 Å². The maximum atomic E-state index is 10.9. The first-order valence-electron chi connectivity index (χ1n) is 5.01. The van der Waals surface area contributed by atoms with Crippen molar-refractivity contribution in [3.8, 4) is 6.07 Å². The van der Waals surface area contributed by atoms with E-state index in [1.54, 1.807) is 24.3 Å². The van der Waals surface area contributed by atoms with Gasteiger partial charge < -0.3 is 0 Å². The van der Waals surface area contributed by atoms with E-state index in [-0.39, 0.29) is 12.1 Å². The molecule has 1 aromatic rings. The van der Waals surface area contributed by atoms with Gasteiger partial charge in [-0.15, -0.1) is 13.2 Å². The summed E-state index contributed by atoms with van der Waals surface area (Å²) in [5.74, 6) is 0. The Morgan fingerprint density at radius 2 is 2.12 bits per heavy atom. The van der Waals surface area contributed by atoms with Gasteiger partial charge in [0.05, 0.1) is 16.6 Å². The summed E-state index contributed by atoms with van der Waals surface area (Å²) in [7, 11) is 0. The molecule has 0 aliphatic carbocycles. The highest BCUT2D eigenvalue weighted by molar-refractivity contribution is 5.51. The van der Waals surface area contributed by atoms with Gasteiger partial charge in [-0.2, -0.15) is 5.26 Å². The Balaban J connectivity index is 3.49. The van der Waals surface area contributed by atoms with Gasteiger partial charge >= 0.3 is 0 Å². The number of nitro benzene ring substituents is 1. The van der Waals surface area contributed by atoms with Crippen molar-refractivity contribution in [1.82, 2.24) is 0 Å². The highest BCUT2D eigenvalue weighted by atomic mass is 16.6. The summed E-state index contributed by atoms with van der Waals surface area (Å²) in [5, 5.41) is 20.2. The molecule has 0 amide bonds. The summed E-state index contributed by atoms with van der Waals surface area (Å²) >= 11 is 0. The predicted molar refractivity (Wildman–Crippen MR) is 65.4 cm³/mol. The largest absolute Gasteiger partial charge is 0.274 e. The van der Waals surface area contributed by atoms with Crippen molar-refractivity contribution in [3.63, 3.8) is 0 Å². The summed E-state index contributed by atoms with van der Waals surface area (Å²) in [6.07, 6.45) is 3.27. The molecule has 0 bridgehead atoms. The Bertz CT molecular complexity index is 502. The van der Waals surface area contributed by atoms with Crippen LogP contribution in [0.15, 0.2) is 49.6 Å². The molecule has 0 radical (unpaired) electrons. The lowest BCUT2D eigenvalue weighted by molar-refractivity contribution is -0.385. The van der Waals surface area contributed by atoms with E-state index in [2.05, 4.69) is 19.2 Å². The van der Waals surface area contributed by atoms with Crippen molar-refractivity contribution in [1.29, 1.82) is 5.26 Å². The molecule has 1 unspecified atom stereocenters. The molecule has 1 aromatic carbocycles. The fourth-order valence-electron chi connectivity index (χ4n) is 1.69. The Kier molecular flexibility index (Phi) is 3.78. The summed E-state index contributed by atoms with van der Waals surface area (Å²) in [4.78, 5) is 10.4. The van der Waals surface area contributed by atoms with Gasteiger partial charge in [-0.3, -0.25) is 10.1 Å². The lowest BCUT2D eigenvalue weighted by atomic mass is 9.78. The van der Waals surface area contributed by atoms with E-state index >= 15 is 0 Å². The minimum absolute atomic E-state index is 0.0733. The van der Waals surface area contributed by atoms with Crippen molar-refractivity contribution >= 4 is 5.69 Å². The first kappa shape index (κ1) is 12.7. The Morgan fingerprint density at radius 3 is 2.59 bits per heavy atom. The average Bonchev–Trinajstić information content (AvgIpc) is 2.36. The van der Waals surface area contributed by atoms with Crippen LogP contribution in [0.4, 0.5) is 5.69 Å². The maximum absolute atomic E-state index is 10.9. The number of benzene rings is 1. The topological polar surface area (TPSA) is 66.9 Å². The van der Waals surface area contributed by atoms with Crippen molar-refractivity contribution in [2.45, 2.75) is 11.8 Å². The van der Waals surface area contributed by atoms with Gasteiger partial charge in [0.25, 0.3) is 5.69 Å². The molecule has 0 saturated carbocycles. The number of nitro groups is 1. The number of nitriles is 1. The van der Waals surface area contributed by atoms with E-state index in [0.29, 0.717) is 5.56 Å². The van der Waals surface area contributed by atoms with Crippen LogP contribution < -0.4 is 0 Å². The van der Waals surface area contributed by atoms with E-state index in [1.165, 1.54) is 12.1 Å².